The molecule has 3 rings (SSSR count). The minimum Gasteiger partial charge on any atom is -0.465 e. The SMILES string of the molecule is Cc1ccc(C)c([C@@H](C)NC(=O)/C(=C/c2ccco2)c2ccccc2)c1. The Morgan fingerprint density at radius 3 is 2.50 bits per heavy atom. The van der Waals surface area contributed by atoms with Crippen molar-refractivity contribution in [2.75, 3.05) is 0 Å². The Bertz CT molecular complexity index is 909. The predicted molar refractivity (Wildman–Crippen MR) is 105 cm³/mol. The molecule has 0 aliphatic carbocycles. The molecule has 0 aliphatic rings. The number of carbonyl (C=O) groups is 1. The molecule has 0 fully saturated rings. The maximum absolute atomic E-state index is 13.0. The third-order valence-electron chi connectivity index (χ3n) is 4.41. The summed E-state index contributed by atoms with van der Waals surface area (Å²) in [5.41, 5.74) is 4.91. The van der Waals surface area contributed by atoms with E-state index >= 15 is 0 Å². The standard InChI is InChI=1S/C23H23NO2/c1-16-11-12-17(2)21(14-16)18(3)24-23(25)22(15-20-10-7-13-26-20)19-8-5-4-6-9-19/h4-15,18H,1-3H3,(H,24,25)/b22-15+/t18-/m1/s1. The van der Waals surface area contributed by atoms with Crippen LogP contribution in [0, 0.1) is 13.8 Å². The second-order valence-corrected chi connectivity index (χ2v) is 6.49. The summed E-state index contributed by atoms with van der Waals surface area (Å²) in [6.07, 6.45) is 3.38. The van der Waals surface area contributed by atoms with Gasteiger partial charge in [-0.05, 0) is 55.7 Å². The van der Waals surface area contributed by atoms with E-state index in [2.05, 4.69) is 37.4 Å². The van der Waals surface area contributed by atoms with Crippen molar-refractivity contribution in [2.45, 2.75) is 26.8 Å². The summed E-state index contributed by atoms with van der Waals surface area (Å²) in [4.78, 5) is 13.0. The van der Waals surface area contributed by atoms with Gasteiger partial charge in [-0.25, -0.2) is 0 Å². The number of hydrogen-bond acceptors (Lipinski definition) is 2. The molecule has 1 N–H and O–H groups in total. The van der Waals surface area contributed by atoms with E-state index in [1.165, 1.54) is 11.1 Å². The van der Waals surface area contributed by atoms with Gasteiger partial charge < -0.3 is 9.73 Å². The van der Waals surface area contributed by atoms with Gasteiger partial charge in [0.05, 0.1) is 17.9 Å². The predicted octanol–water partition coefficient (Wildman–Crippen LogP) is 5.31. The van der Waals surface area contributed by atoms with Crippen molar-refractivity contribution >= 4 is 17.6 Å². The Morgan fingerprint density at radius 1 is 1.04 bits per heavy atom. The molecule has 0 unspecified atom stereocenters. The fraction of sp³-hybridized carbons (Fsp3) is 0.174. The van der Waals surface area contributed by atoms with E-state index in [1.54, 1.807) is 12.3 Å². The van der Waals surface area contributed by atoms with Gasteiger partial charge in [0.2, 0.25) is 0 Å². The van der Waals surface area contributed by atoms with Gasteiger partial charge in [-0.3, -0.25) is 4.79 Å². The number of amides is 1. The first-order chi connectivity index (χ1) is 12.5. The minimum atomic E-state index is -0.124. The summed E-state index contributed by atoms with van der Waals surface area (Å²) >= 11 is 0. The van der Waals surface area contributed by atoms with Crippen LogP contribution in [0.4, 0.5) is 0 Å². The van der Waals surface area contributed by atoms with Crippen molar-refractivity contribution in [3.05, 3.63) is 94.9 Å². The van der Waals surface area contributed by atoms with Gasteiger partial charge in [-0.1, -0.05) is 54.1 Å². The normalized spacial score (nSPS) is 12.7. The summed E-state index contributed by atoms with van der Waals surface area (Å²) in [6.45, 7) is 6.13. The molecule has 132 valence electrons. The third kappa shape index (κ3) is 4.12. The molecule has 0 saturated carbocycles. The Hall–Kier alpha value is -3.07. The van der Waals surface area contributed by atoms with Gasteiger partial charge in [0.15, 0.2) is 0 Å². The number of benzene rings is 2. The number of furan rings is 1. The van der Waals surface area contributed by atoms with Crippen LogP contribution >= 0.6 is 0 Å². The fourth-order valence-electron chi connectivity index (χ4n) is 2.99. The molecular formula is C23H23NO2. The summed E-state index contributed by atoms with van der Waals surface area (Å²) in [5, 5.41) is 3.13. The fourth-order valence-corrected chi connectivity index (χ4v) is 2.99. The molecule has 3 aromatic rings. The highest BCUT2D eigenvalue weighted by molar-refractivity contribution is 6.24. The smallest absolute Gasteiger partial charge is 0.252 e. The second kappa shape index (κ2) is 7.87. The number of rotatable bonds is 5. The maximum atomic E-state index is 13.0. The molecule has 3 heteroatoms. The van der Waals surface area contributed by atoms with Gasteiger partial charge in [0, 0.05) is 0 Å². The average Bonchev–Trinajstić information content (AvgIpc) is 3.15. The summed E-state index contributed by atoms with van der Waals surface area (Å²) in [5.74, 6) is 0.527. The molecule has 1 heterocycles. The molecule has 0 spiro atoms. The van der Waals surface area contributed by atoms with Crippen LogP contribution in [0.5, 0.6) is 0 Å². The molecule has 0 bridgehead atoms. The summed E-state index contributed by atoms with van der Waals surface area (Å²) in [6, 6.07) is 19.5. The lowest BCUT2D eigenvalue weighted by atomic mass is 9.98. The van der Waals surface area contributed by atoms with Crippen molar-refractivity contribution in [1.29, 1.82) is 0 Å². The van der Waals surface area contributed by atoms with E-state index in [0.29, 0.717) is 11.3 Å². The third-order valence-corrected chi connectivity index (χ3v) is 4.41. The van der Waals surface area contributed by atoms with Crippen LogP contribution in [-0.2, 0) is 4.79 Å². The molecule has 2 aromatic carbocycles. The average molecular weight is 345 g/mol. The Balaban J connectivity index is 1.90. The van der Waals surface area contributed by atoms with E-state index in [1.807, 2.05) is 49.4 Å². The van der Waals surface area contributed by atoms with Crippen LogP contribution < -0.4 is 5.32 Å². The van der Waals surface area contributed by atoms with Crippen molar-refractivity contribution in [1.82, 2.24) is 5.32 Å². The lowest BCUT2D eigenvalue weighted by Crippen LogP contribution is -2.28. The van der Waals surface area contributed by atoms with Crippen LogP contribution in [0.25, 0.3) is 11.6 Å². The van der Waals surface area contributed by atoms with Gasteiger partial charge in [-0.2, -0.15) is 0 Å². The van der Waals surface area contributed by atoms with Gasteiger partial charge in [-0.15, -0.1) is 0 Å². The molecule has 3 nitrogen and oxygen atoms in total. The molecule has 0 saturated heterocycles. The van der Waals surface area contributed by atoms with E-state index in [-0.39, 0.29) is 11.9 Å². The molecule has 1 atom stereocenters. The molecule has 1 aromatic heterocycles. The zero-order chi connectivity index (χ0) is 18.5. The highest BCUT2D eigenvalue weighted by atomic mass is 16.3. The number of aryl methyl sites for hydroxylation is 2. The van der Waals surface area contributed by atoms with Crippen LogP contribution in [0.3, 0.4) is 0 Å². The Morgan fingerprint density at radius 2 is 1.81 bits per heavy atom. The zero-order valence-electron chi connectivity index (χ0n) is 15.3. The minimum absolute atomic E-state index is 0.0916. The highest BCUT2D eigenvalue weighted by Gasteiger charge is 2.17. The van der Waals surface area contributed by atoms with E-state index in [9.17, 15) is 4.79 Å². The number of hydrogen-bond donors (Lipinski definition) is 1. The topological polar surface area (TPSA) is 42.2 Å². The van der Waals surface area contributed by atoms with Crippen LogP contribution in [0.2, 0.25) is 0 Å². The Labute approximate surface area is 154 Å². The first-order valence-electron chi connectivity index (χ1n) is 8.73. The first-order valence-corrected chi connectivity index (χ1v) is 8.73. The molecule has 0 radical (unpaired) electrons. The zero-order valence-corrected chi connectivity index (χ0v) is 15.3. The number of nitrogens with one attached hydrogen (secondary N) is 1. The van der Waals surface area contributed by atoms with E-state index in [0.717, 1.165) is 11.1 Å². The second-order valence-electron chi connectivity index (χ2n) is 6.49. The molecular weight excluding hydrogens is 322 g/mol. The van der Waals surface area contributed by atoms with Gasteiger partial charge >= 0.3 is 0 Å². The lowest BCUT2D eigenvalue weighted by Gasteiger charge is -2.18. The first kappa shape index (κ1) is 17.7. The van der Waals surface area contributed by atoms with Crippen LogP contribution in [0.1, 0.15) is 41.0 Å². The monoisotopic (exact) mass is 345 g/mol. The quantitative estimate of drug-likeness (QED) is 0.636. The highest BCUT2D eigenvalue weighted by Crippen LogP contribution is 2.23. The molecule has 0 aliphatic heterocycles. The maximum Gasteiger partial charge on any atom is 0.252 e. The van der Waals surface area contributed by atoms with Crippen molar-refractivity contribution in [3.63, 3.8) is 0 Å². The van der Waals surface area contributed by atoms with E-state index in [4.69, 9.17) is 4.42 Å². The van der Waals surface area contributed by atoms with Gasteiger partial charge in [0.25, 0.3) is 5.91 Å². The molecule has 26 heavy (non-hydrogen) atoms. The van der Waals surface area contributed by atoms with Crippen LogP contribution in [-0.4, -0.2) is 5.91 Å². The summed E-state index contributed by atoms with van der Waals surface area (Å²) < 4.78 is 5.40. The summed E-state index contributed by atoms with van der Waals surface area (Å²) in [7, 11) is 0. The Kier molecular flexibility index (Phi) is 5.37. The lowest BCUT2D eigenvalue weighted by molar-refractivity contribution is -0.116. The van der Waals surface area contributed by atoms with Crippen molar-refractivity contribution in [3.8, 4) is 0 Å². The van der Waals surface area contributed by atoms with Gasteiger partial charge in [0.1, 0.15) is 5.76 Å². The van der Waals surface area contributed by atoms with E-state index < -0.39 is 0 Å². The largest absolute Gasteiger partial charge is 0.465 e. The van der Waals surface area contributed by atoms with Crippen LogP contribution in [0.15, 0.2) is 71.3 Å². The van der Waals surface area contributed by atoms with Crippen molar-refractivity contribution < 1.29 is 9.21 Å². The van der Waals surface area contributed by atoms with Crippen molar-refractivity contribution in [2.24, 2.45) is 0 Å². The number of carbonyl (C=O) groups excluding carboxylic acids is 1. The molecule has 1 amide bonds.